The summed E-state index contributed by atoms with van der Waals surface area (Å²) >= 11 is 0. The summed E-state index contributed by atoms with van der Waals surface area (Å²) in [6.07, 6.45) is -3.86. The predicted molar refractivity (Wildman–Crippen MR) is 36.4 cm³/mol. The van der Waals surface area contributed by atoms with E-state index in [9.17, 15) is 18.0 Å². The molecule has 0 aliphatic rings. The monoisotopic (exact) mass is 182 g/mol. The summed E-state index contributed by atoms with van der Waals surface area (Å²) < 4.78 is 38.8. The summed E-state index contributed by atoms with van der Waals surface area (Å²) in [6, 6.07) is 0. The van der Waals surface area contributed by atoms with Crippen LogP contribution in [0.2, 0.25) is 0 Å². The second-order valence-corrected chi connectivity index (χ2v) is 1.97. The third kappa shape index (κ3) is 7.11. The first-order chi connectivity index (χ1) is 5.45. The first-order valence-electron chi connectivity index (χ1n) is 3.35. The average Bonchev–Trinajstić information content (AvgIpc) is 1.84. The van der Waals surface area contributed by atoms with Crippen molar-refractivity contribution < 1.29 is 22.7 Å². The molecule has 0 heterocycles. The van der Waals surface area contributed by atoms with Crippen LogP contribution in [0.15, 0.2) is 12.2 Å². The highest BCUT2D eigenvalue weighted by Crippen LogP contribution is 2.19. The summed E-state index contributed by atoms with van der Waals surface area (Å²) in [5.74, 6) is -0.748. The van der Waals surface area contributed by atoms with Gasteiger partial charge >= 0.3 is 12.1 Å². The van der Waals surface area contributed by atoms with E-state index in [0.717, 1.165) is 12.2 Å². The lowest BCUT2D eigenvalue weighted by Gasteiger charge is -1.99. The standard InChI is InChI=1S/C7H9F3O2/c1-2-12-6(11)4-3-5-7(8,9)10/h3-4H,2,5H2,1H3. The molecule has 0 amide bonds. The van der Waals surface area contributed by atoms with Crippen molar-refractivity contribution in [2.24, 2.45) is 0 Å². The summed E-state index contributed by atoms with van der Waals surface area (Å²) in [5.41, 5.74) is 0. The van der Waals surface area contributed by atoms with Gasteiger partial charge in [-0.15, -0.1) is 0 Å². The van der Waals surface area contributed by atoms with Crippen molar-refractivity contribution >= 4 is 5.97 Å². The lowest BCUT2D eigenvalue weighted by Crippen LogP contribution is -2.05. The van der Waals surface area contributed by atoms with Crippen molar-refractivity contribution in [2.75, 3.05) is 6.61 Å². The van der Waals surface area contributed by atoms with Gasteiger partial charge in [0.25, 0.3) is 0 Å². The quantitative estimate of drug-likeness (QED) is 0.493. The zero-order valence-electron chi connectivity index (χ0n) is 6.52. The zero-order valence-corrected chi connectivity index (χ0v) is 6.52. The molecule has 0 fully saturated rings. The number of esters is 1. The van der Waals surface area contributed by atoms with Gasteiger partial charge in [-0.1, -0.05) is 6.08 Å². The molecule has 0 unspecified atom stereocenters. The van der Waals surface area contributed by atoms with Gasteiger partial charge in [0, 0.05) is 6.08 Å². The van der Waals surface area contributed by atoms with Crippen LogP contribution < -0.4 is 0 Å². The Balaban J connectivity index is 3.69. The number of hydrogen-bond donors (Lipinski definition) is 0. The minimum atomic E-state index is -4.26. The normalized spacial score (nSPS) is 12.0. The second-order valence-electron chi connectivity index (χ2n) is 1.97. The maximum atomic E-state index is 11.5. The molecule has 0 aliphatic carbocycles. The van der Waals surface area contributed by atoms with E-state index in [-0.39, 0.29) is 6.61 Å². The highest BCUT2D eigenvalue weighted by Gasteiger charge is 2.24. The van der Waals surface area contributed by atoms with Crippen LogP contribution in [-0.2, 0) is 9.53 Å². The molecule has 2 nitrogen and oxygen atoms in total. The Labute approximate surface area is 68.0 Å². The summed E-state index contributed by atoms with van der Waals surface area (Å²) in [6.45, 7) is 1.74. The topological polar surface area (TPSA) is 26.3 Å². The summed E-state index contributed by atoms with van der Waals surface area (Å²) in [5, 5.41) is 0. The number of alkyl halides is 3. The van der Waals surface area contributed by atoms with E-state index < -0.39 is 18.6 Å². The Kier molecular flexibility index (Phi) is 4.39. The maximum absolute atomic E-state index is 11.5. The Morgan fingerprint density at radius 3 is 2.50 bits per heavy atom. The molecule has 70 valence electrons. The molecule has 0 aromatic carbocycles. The molecular weight excluding hydrogens is 173 g/mol. The van der Waals surface area contributed by atoms with E-state index in [4.69, 9.17) is 0 Å². The Morgan fingerprint density at radius 2 is 2.08 bits per heavy atom. The first-order valence-corrected chi connectivity index (χ1v) is 3.35. The largest absolute Gasteiger partial charge is 0.463 e. The van der Waals surface area contributed by atoms with Gasteiger partial charge in [0.05, 0.1) is 13.0 Å². The highest BCUT2D eigenvalue weighted by molar-refractivity contribution is 5.81. The van der Waals surface area contributed by atoms with Gasteiger partial charge in [0.1, 0.15) is 0 Å². The molecule has 0 atom stereocenters. The molecule has 0 N–H and O–H groups in total. The van der Waals surface area contributed by atoms with Crippen LogP contribution in [0, 0.1) is 0 Å². The van der Waals surface area contributed by atoms with E-state index in [2.05, 4.69) is 4.74 Å². The van der Waals surface area contributed by atoms with Crippen LogP contribution in [-0.4, -0.2) is 18.8 Å². The smallest absolute Gasteiger partial charge is 0.392 e. The van der Waals surface area contributed by atoms with Gasteiger partial charge in [0.15, 0.2) is 0 Å². The lowest BCUT2D eigenvalue weighted by atomic mass is 10.4. The van der Waals surface area contributed by atoms with Gasteiger partial charge < -0.3 is 4.74 Å². The van der Waals surface area contributed by atoms with E-state index >= 15 is 0 Å². The van der Waals surface area contributed by atoms with Gasteiger partial charge in [-0.25, -0.2) is 4.79 Å². The Morgan fingerprint density at radius 1 is 1.50 bits per heavy atom. The fourth-order valence-electron chi connectivity index (χ4n) is 0.479. The van der Waals surface area contributed by atoms with Crippen molar-refractivity contribution in [3.63, 3.8) is 0 Å². The number of carbonyl (C=O) groups is 1. The fraction of sp³-hybridized carbons (Fsp3) is 0.571. The van der Waals surface area contributed by atoms with Gasteiger partial charge in [-0.05, 0) is 6.92 Å². The molecule has 0 aromatic heterocycles. The molecule has 0 bridgehead atoms. The molecule has 0 aromatic rings. The van der Waals surface area contributed by atoms with Crippen molar-refractivity contribution in [1.82, 2.24) is 0 Å². The number of allylic oxidation sites excluding steroid dienone is 1. The third-order valence-corrected chi connectivity index (χ3v) is 0.890. The minimum absolute atomic E-state index is 0.162. The van der Waals surface area contributed by atoms with Crippen LogP contribution in [0.3, 0.4) is 0 Å². The third-order valence-electron chi connectivity index (χ3n) is 0.890. The number of rotatable bonds is 3. The molecule has 5 heteroatoms. The number of carbonyl (C=O) groups excluding carboxylic acids is 1. The lowest BCUT2D eigenvalue weighted by molar-refractivity contribution is -0.137. The molecule has 0 rings (SSSR count). The SMILES string of the molecule is CCOC(=O)C=CCC(F)(F)F. The second kappa shape index (κ2) is 4.79. The number of hydrogen-bond acceptors (Lipinski definition) is 2. The van der Waals surface area contributed by atoms with Crippen LogP contribution in [0.1, 0.15) is 13.3 Å². The minimum Gasteiger partial charge on any atom is -0.463 e. The molecule has 0 spiro atoms. The Bertz CT molecular complexity index is 172. The van der Waals surface area contributed by atoms with Crippen molar-refractivity contribution in [3.8, 4) is 0 Å². The van der Waals surface area contributed by atoms with Crippen LogP contribution in [0.5, 0.6) is 0 Å². The van der Waals surface area contributed by atoms with Gasteiger partial charge in [0.2, 0.25) is 0 Å². The molecule has 0 aliphatic heterocycles. The Hall–Kier alpha value is -1.00. The average molecular weight is 182 g/mol. The summed E-state index contributed by atoms with van der Waals surface area (Å²) in [4.78, 5) is 10.5. The molecule has 0 radical (unpaired) electrons. The molecule has 12 heavy (non-hydrogen) atoms. The molecular formula is C7H9F3O2. The highest BCUT2D eigenvalue weighted by atomic mass is 19.4. The van der Waals surface area contributed by atoms with Crippen LogP contribution in [0.4, 0.5) is 13.2 Å². The predicted octanol–water partition coefficient (Wildman–Crippen LogP) is 2.06. The van der Waals surface area contributed by atoms with Crippen LogP contribution >= 0.6 is 0 Å². The van der Waals surface area contributed by atoms with Crippen LogP contribution in [0.25, 0.3) is 0 Å². The maximum Gasteiger partial charge on any atom is 0.392 e. The van der Waals surface area contributed by atoms with Gasteiger partial charge in [-0.3, -0.25) is 0 Å². The van der Waals surface area contributed by atoms with Crippen molar-refractivity contribution in [1.29, 1.82) is 0 Å². The van der Waals surface area contributed by atoms with E-state index in [0.29, 0.717) is 0 Å². The zero-order chi connectivity index (χ0) is 9.61. The van der Waals surface area contributed by atoms with Gasteiger partial charge in [-0.2, -0.15) is 13.2 Å². The molecule has 0 saturated heterocycles. The van der Waals surface area contributed by atoms with Crippen molar-refractivity contribution in [3.05, 3.63) is 12.2 Å². The fourth-order valence-corrected chi connectivity index (χ4v) is 0.479. The number of halogens is 3. The summed E-state index contributed by atoms with van der Waals surface area (Å²) in [7, 11) is 0. The first kappa shape index (κ1) is 11.0. The van der Waals surface area contributed by atoms with Crippen molar-refractivity contribution in [2.45, 2.75) is 19.5 Å². The molecule has 0 saturated carbocycles. The number of ether oxygens (including phenoxy) is 1. The van der Waals surface area contributed by atoms with E-state index in [1.54, 1.807) is 6.92 Å². The van der Waals surface area contributed by atoms with E-state index in [1.807, 2.05) is 0 Å². The van der Waals surface area contributed by atoms with E-state index in [1.165, 1.54) is 0 Å².